The average Bonchev–Trinajstić information content (AvgIpc) is 2.97. The molecule has 198 valence electrons. The van der Waals surface area contributed by atoms with Crippen LogP contribution in [0.1, 0.15) is 40.9 Å². The molecule has 2 N–H and O–H groups in total. The standard InChI is InChI=1S/C30H36N6O2/c37-28-20-36(17-13-27(28)35-14-10-22-6-4-5-7-23(22)19-35)30(38)26-18-29(32-21-31-26)33-24-11-15-34(16-12-24)25-8-2-1-3-9-25/h1-9,18,21,24,27-28,37H,10-17,19-20H2,(H,31,32,33)/t27-,28-/m1/s1. The number of rotatable bonds is 5. The number of piperidine rings is 2. The minimum absolute atomic E-state index is 0.0665. The molecule has 1 amide bonds. The molecule has 3 aliphatic heterocycles. The molecular formula is C30H36N6O2. The molecule has 8 heteroatoms. The number of amides is 1. The molecule has 2 saturated heterocycles. The van der Waals surface area contributed by atoms with Crippen LogP contribution in [0, 0.1) is 0 Å². The molecule has 2 aromatic carbocycles. The van der Waals surface area contributed by atoms with Crippen molar-refractivity contribution in [3.05, 3.63) is 83.8 Å². The molecular weight excluding hydrogens is 476 g/mol. The number of aromatic nitrogens is 2. The fourth-order valence-electron chi connectivity index (χ4n) is 6.18. The van der Waals surface area contributed by atoms with Gasteiger partial charge in [-0.15, -0.1) is 0 Å². The van der Waals surface area contributed by atoms with Crippen molar-refractivity contribution in [3.63, 3.8) is 0 Å². The smallest absolute Gasteiger partial charge is 0.272 e. The Morgan fingerprint density at radius 1 is 0.895 bits per heavy atom. The summed E-state index contributed by atoms with van der Waals surface area (Å²) >= 11 is 0. The number of para-hydroxylation sites is 1. The Bertz CT molecular complexity index is 1250. The van der Waals surface area contributed by atoms with Gasteiger partial charge in [-0.3, -0.25) is 9.69 Å². The molecule has 1 aromatic heterocycles. The van der Waals surface area contributed by atoms with Crippen LogP contribution in [0.15, 0.2) is 67.0 Å². The van der Waals surface area contributed by atoms with Crippen molar-refractivity contribution in [1.29, 1.82) is 0 Å². The van der Waals surface area contributed by atoms with E-state index < -0.39 is 6.10 Å². The maximum atomic E-state index is 13.3. The fraction of sp³-hybridized carbons (Fsp3) is 0.433. The number of fused-ring (bicyclic) bond motifs is 1. The zero-order chi connectivity index (χ0) is 25.9. The lowest BCUT2D eigenvalue weighted by molar-refractivity contribution is -0.0139. The largest absolute Gasteiger partial charge is 0.390 e. The number of anilines is 2. The van der Waals surface area contributed by atoms with Gasteiger partial charge in [-0.25, -0.2) is 9.97 Å². The van der Waals surface area contributed by atoms with Crippen molar-refractivity contribution in [2.24, 2.45) is 0 Å². The quantitative estimate of drug-likeness (QED) is 0.543. The predicted molar refractivity (Wildman–Crippen MR) is 148 cm³/mol. The summed E-state index contributed by atoms with van der Waals surface area (Å²) in [6, 6.07) is 21.2. The Morgan fingerprint density at radius 3 is 2.45 bits per heavy atom. The zero-order valence-electron chi connectivity index (χ0n) is 21.7. The number of aliphatic hydroxyl groups excluding tert-OH is 1. The van der Waals surface area contributed by atoms with E-state index in [-0.39, 0.29) is 11.9 Å². The highest BCUT2D eigenvalue weighted by Gasteiger charge is 2.35. The number of nitrogens with zero attached hydrogens (tertiary/aromatic N) is 5. The number of benzene rings is 2. The molecule has 2 fully saturated rings. The Labute approximate surface area is 224 Å². The van der Waals surface area contributed by atoms with Crippen molar-refractivity contribution in [2.45, 2.75) is 50.4 Å². The van der Waals surface area contributed by atoms with Gasteiger partial charge >= 0.3 is 0 Å². The van der Waals surface area contributed by atoms with Crippen molar-refractivity contribution >= 4 is 17.4 Å². The van der Waals surface area contributed by atoms with Crippen LogP contribution in [0.5, 0.6) is 0 Å². The highest BCUT2D eigenvalue weighted by atomic mass is 16.3. The summed E-state index contributed by atoms with van der Waals surface area (Å²) in [5.41, 5.74) is 4.38. The van der Waals surface area contributed by atoms with Gasteiger partial charge in [-0.05, 0) is 48.9 Å². The molecule has 0 radical (unpaired) electrons. The number of carbonyl (C=O) groups excluding carboxylic acids is 1. The second kappa shape index (κ2) is 11.1. The first-order valence-electron chi connectivity index (χ1n) is 13.8. The van der Waals surface area contributed by atoms with E-state index in [0.29, 0.717) is 30.6 Å². The normalized spacial score (nSPS) is 22.7. The molecule has 6 rings (SSSR count). The van der Waals surface area contributed by atoms with Crippen LogP contribution < -0.4 is 10.2 Å². The first-order valence-corrected chi connectivity index (χ1v) is 13.8. The van der Waals surface area contributed by atoms with E-state index in [1.54, 1.807) is 11.0 Å². The first kappa shape index (κ1) is 24.8. The molecule has 0 bridgehead atoms. The van der Waals surface area contributed by atoms with Gasteiger partial charge in [-0.2, -0.15) is 0 Å². The Kier molecular flexibility index (Phi) is 7.25. The molecule has 3 aliphatic rings. The monoisotopic (exact) mass is 512 g/mol. The van der Waals surface area contributed by atoms with Gasteiger partial charge in [0.2, 0.25) is 0 Å². The molecule has 0 unspecified atom stereocenters. The van der Waals surface area contributed by atoms with Crippen LogP contribution in [-0.4, -0.2) is 81.7 Å². The van der Waals surface area contributed by atoms with Gasteiger partial charge in [0.05, 0.1) is 6.10 Å². The van der Waals surface area contributed by atoms with Crippen LogP contribution in [0.3, 0.4) is 0 Å². The van der Waals surface area contributed by atoms with Crippen LogP contribution in [-0.2, 0) is 13.0 Å². The van der Waals surface area contributed by atoms with Gasteiger partial charge in [0.1, 0.15) is 17.8 Å². The van der Waals surface area contributed by atoms with E-state index in [2.05, 4.69) is 73.6 Å². The highest BCUT2D eigenvalue weighted by molar-refractivity contribution is 5.93. The van der Waals surface area contributed by atoms with E-state index in [1.807, 2.05) is 6.07 Å². The van der Waals surface area contributed by atoms with Gasteiger partial charge < -0.3 is 20.2 Å². The van der Waals surface area contributed by atoms with Crippen LogP contribution in [0.2, 0.25) is 0 Å². The summed E-state index contributed by atoms with van der Waals surface area (Å²) in [6.45, 7) is 4.70. The number of carbonyl (C=O) groups is 1. The van der Waals surface area contributed by atoms with Gasteiger partial charge in [0.25, 0.3) is 5.91 Å². The van der Waals surface area contributed by atoms with E-state index in [4.69, 9.17) is 0 Å². The zero-order valence-corrected chi connectivity index (χ0v) is 21.7. The van der Waals surface area contributed by atoms with Crippen molar-refractivity contribution in [2.75, 3.05) is 42.9 Å². The Morgan fingerprint density at radius 2 is 1.66 bits per heavy atom. The summed E-state index contributed by atoms with van der Waals surface area (Å²) < 4.78 is 0. The molecule has 0 saturated carbocycles. The van der Waals surface area contributed by atoms with Crippen molar-refractivity contribution < 1.29 is 9.90 Å². The Hall–Kier alpha value is -3.49. The maximum absolute atomic E-state index is 13.3. The van der Waals surface area contributed by atoms with Crippen LogP contribution in [0.4, 0.5) is 11.5 Å². The minimum Gasteiger partial charge on any atom is -0.390 e. The summed E-state index contributed by atoms with van der Waals surface area (Å²) in [6.07, 6.45) is 4.65. The second-order valence-corrected chi connectivity index (χ2v) is 10.7. The summed E-state index contributed by atoms with van der Waals surface area (Å²) in [5.74, 6) is 0.541. The predicted octanol–water partition coefficient (Wildman–Crippen LogP) is 3.19. The fourth-order valence-corrected chi connectivity index (χ4v) is 6.18. The number of likely N-dealkylation sites (tertiary alicyclic amines) is 1. The third-order valence-electron chi connectivity index (χ3n) is 8.32. The van der Waals surface area contributed by atoms with Gasteiger partial charge in [0, 0.05) is 63.1 Å². The second-order valence-electron chi connectivity index (χ2n) is 10.7. The molecule has 38 heavy (non-hydrogen) atoms. The molecule has 2 atom stereocenters. The maximum Gasteiger partial charge on any atom is 0.272 e. The third kappa shape index (κ3) is 5.37. The lowest BCUT2D eigenvalue weighted by Gasteiger charge is -2.43. The number of hydrogen-bond acceptors (Lipinski definition) is 7. The third-order valence-corrected chi connectivity index (χ3v) is 8.32. The Balaban J connectivity index is 1.03. The van der Waals surface area contributed by atoms with E-state index in [1.165, 1.54) is 23.1 Å². The van der Waals surface area contributed by atoms with E-state index in [0.717, 1.165) is 51.9 Å². The van der Waals surface area contributed by atoms with Crippen molar-refractivity contribution in [3.8, 4) is 0 Å². The topological polar surface area (TPSA) is 84.8 Å². The first-order chi connectivity index (χ1) is 18.6. The minimum atomic E-state index is -0.577. The lowest BCUT2D eigenvalue weighted by atomic mass is 9.94. The highest BCUT2D eigenvalue weighted by Crippen LogP contribution is 2.26. The number of hydrogen-bond donors (Lipinski definition) is 2. The summed E-state index contributed by atoms with van der Waals surface area (Å²) in [4.78, 5) is 28.5. The summed E-state index contributed by atoms with van der Waals surface area (Å²) in [5, 5.41) is 14.5. The molecule has 8 nitrogen and oxygen atoms in total. The van der Waals surface area contributed by atoms with Crippen LogP contribution >= 0.6 is 0 Å². The average molecular weight is 513 g/mol. The SMILES string of the molecule is O=C(c1cc(NC2CCN(c3ccccc3)CC2)ncn1)N1CC[C@@H](N2CCc3ccccc3C2)[C@H](O)C1. The molecule has 0 aliphatic carbocycles. The summed E-state index contributed by atoms with van der Waals surface area (Å²) in [7, 11) is 0. The van der Waals surface area contributed by atoms with Gasteiger partial charge in [0.15, 0.2) is 0 Å². The number of aliphatic hydroxyl groups is 1. The van der Waals surface area contributed by atoms with Crippen LogP contribution in [0.25, 0.3) is 0 Å². The lowest BCUT2D eigenvalue weighted by Crippen LogP contribution is -2.56. The number of β-amino-alcohol motifs (C(OH)–C–C–N with tert-alkyl or cyclic N) is 1. The molecule has 4 heterocycles. The van der Waals surface area contributed by atoms with E-state index >= 15 is 0 Å². The molecule has 0 spiro atoms. The van der Waals surface area contributed by atoms with Crippen molar-refractivity contribution in [1.82, 2.24) is 19.8 Å². The number of nitrogens with one attached hydrogen (secondary N) is 1. The van der Waals surface area contributed by atoms with E-state index in [9.17, 15) is 9.90 Å². The molecule has 3 aromatic rings. The van der Waals surface area contributed by atoms with Gasteiger partial charge in [-0.1, -0.05) is 42.5 Å².